The molecule has 0 aromatic heterocycles. The SMILES string of the molecule is Nc1cccc([C@H](O)c2ccc3c(c2)Cc2ccccc2-3)c1. The molecule has 0 saturated carbocycles. The zero-order chi connectivity index (χ0) is 15.1. The summed E-state index contributed by atoms with van der Waals surface area (Å²) in [7, 11) is 0. The Kier molecular flexibility index (Phi) is 2.98. The van der Waals surface area contributed by atoms with E-state index < -0.39 is 6.10 Å². The molecule has 4 rings (SSSR count). The van der Waals surface area contributed by atoms with Crippen molar-refractivity contribution in [3.63, 3.8) is 0 Å². The summed E-state index contributed by atoms with van der Waals surface area (Å²) in [6, 6.07) is 22.2. The highest BCUT2D eigenvalue weighted by Gasteiger charge is 2.20. The third kappa shape index (κ3) is 2.09. The summed E-state index contributed by atoms with van der Waals surface area (Å²) in [5, 5.41) is 10.6. The first-order chi connectivity index (χ1) is 10.7. The van der Waals surface area contributed by atoms with Gasteiger partial charge in [-0.25, -0.2) is 0 Å². The van der Waals surface area contributed by atoms with Crippen molar-refractivity contribution in [3.8, 4) is 11.1 Å². The maximum Gasteiger partial charge on any atom is 0.104 e. The Morgan fingerprint density at radius 2 is 1.55 bits per heavy atom. The average Bonchev–Trinajstić information content (AvgIpc) is 2.91. The van der Waals surface area contributed by atoms with Crippen LogP contribution < -0.4 is 5.73 Å². The van der Waals surface area contributed by atoms with Gasteiger partial charge >= 0.3 is 0 Å². The topological polar surface area (TPSA) is 46.2 Å². The molecule has 1 atom stereocenters. The van der Waals surface area contributed by atoms with Crippen molar-refractivity contribution in [3.05, 3.63) is 89.0 Å². The molecule has 0 saturated heterocycles. The largest absolute Gasteiger partial charge is 0.399 e. The van der Waals surface area contributed by atoms with Crippen LogP contribution in [0, 0.1) is 0 Å². The van der Waals surface area contributed by atoms with Crippen molar-refractivity contribution in [2.75, 3.05) is 5.73 Å². The van der Waals surface area contributed by atoms with Gasteiger partial charge in [0.2, 0.25) is 0 Å². The van der Waals surface area contributed by atoms with Gasteiger partial charge in [0.05, 0.1) is 0 Å². The summed E-state index contributed by atoms with van der Waals surface area (Å²) >= 11 is 0. The number of fused-ring (bicyclic) bond motifs is 3. The first-order valence-corrected chi connectivity index (χ1v) is 7.47. The standard InChI is InChI=1S/C20H17NO/c21-17-6-3-5-14(12-17)20(22)15-8-9-19-16(11-15)10-13-4-1-2-7-18(13)19/h1-9,11-12,20,22H,10,21H2/t20-/m0/s1. The number of nitrogen functional groups attached to an aromatic ring is 1. The third-order valence-corrected chi connectivity index (χ3v) is 4.36. The smallest absolute Gasteiger partial charge is 0.104 e. The van der Waals surface area contributed by atoms with Crippen LogP contribution in [0.1, 0.15) is 28.4 Å². The van der Waals surface area contributed by atoms with E-state index in [4.69, 9.17) is 5.73 Å². The molecular weight excluding hydrogens is 270 g/mol. The number of hydrogen-bond acceptors (Lipinski definition) is 2. The predicted molar refractivity (Wildman–Crippen MR) is 89.6 cm³/mol. The molecule has 1 aliphatic rings. The highest BCUT2D eigenvalue weighted by molar-refractivity contribution is 5.77. The number of anilines is 1. The summed E-state index contributed by atoms with van der Waals surface area (Å²) < 4.78 is 0. The molecule has 2 nitrogen and oxygen atoms in total. The molecule has 0 bridgehead atoms. The highest BCUT2D eigenvalue weighted by atomic mass is 16.3. The second-order valence-corrected chi connectivity index (χ2v) is 5.82. The Bertz CT molecular complexity index is 854. The lowest BCUT2D eigenvalue weighted by molar-refractivity contribution is 0.220. The average molecular weight is 287 g/mol. The molecule has 0 unspecified atom stereocenters. The molecule has 0 spiro atoms. The monoisotopic (exact) mass is 287 g/mol. The zero-order valence-electron chi connectivity index (χ0n) is 12.2. The Morgan fingerprint density at radius 1 is 0.773 bits per heavy atom. The van der Waals surface area contributed by atoms with Crippen molar-refractivity contribution in [1.29, 1.82) is 0 Å². The molecule has 3 aromatic carbocycles. The molecule has 22 heavy (non-hydrogen) atoms. The Balaban J connectivity index is 1.73. The third-order valence-electron chi connectivity index (χ3n) is 4.36. The summed E-state index contributed by atoms with van der Waals surface area (Å²) in [6.07, 6.45) is 0.292. The molecular formula is C20H17NO. The molecule has 2 heteroatoms. The maximum atomic E-state index is 10.6. The van der Waals surface area contributed by atoms with Crippen molar-refractivity contribution >= 4 is 5.69 Å². The molecule has 0 amide bonds. The molecule has 0 heterocycles. The number of hydrogen-bond donors (Lipinski definition) is 2. The lowest BCUT2D eigenvalue weighted by atomic mass is 9.97. The number of aliphatic hydroxyl groups is 1. The van der Waals surface area contributed by atoms with Crippen molar-refractivity contribution in [1.82, 2.24) is 0 Å². The Hall–Kier alpha value is -2.58. The van der Waals surface area contributed by atoms with Crippen molar-refractivity contribution in [2.24, 2.45) is 0 Å². The van der Waals surface area contributed by atoms with Gasteiger partial charge < -0.3 is 10.8 Å². The predicted octanol–water partition coefficient (Wildman–Crippen LogP) is 3.92. The van der Waals surface area contributed by atoms with Crippen molar-refractivity contribution < 1.29 is 5.11 Å². The van der Waals surface area contributed by atoms with E-state index in [0.29, 0.717) is 5.69 Å². The Morgan fingerprint density at radius 3 is 2.41 bits per heavy atom. The Labute approximate surface area is 129 Å². The molecule has 3 N–H and O–H groups in total. The van der Waals surface area contributed by atoms with Crippen LogP contribution in [0.15, 0.2) is 66.7 Å². The molecule has 0 radical (unpaired) electrons. The number of nitrogens with two attached hydrogens (primary N) is 1. The lowest BCUT2D eigenvalue weighted by Gasteiger charge is -2.13. The van der Waals surface area contributed by atoms with E-state index in [1.807, 2.05) is 30.3 Å². The van der Waals surface area contributed by atoms with Gasteiger partial charge in [-0.2, -0.15) is 0 Å². The van der Waals surface area contributed by atoms with Crippen LogP contribution in [0.5, 0.6) is 0 Å². The van der Waals surface area contributed by atoms with Crippen LogP contribution in [0.3, 0.4) is 0 Å². The normalized spacial score (nSPS) is 13.5. The molecule has 0 fully saturated rings. The van der Waals surface area contributed by atoms with E-state index in [0.717, 1.165) is 17.5 Å². The van der Waals surface area contributed by atoms with Crippen LogP contribution in [-0.4, -0.2) is 5.11 Å². The minimum Gasteiger partial charge on any atom is -0.399 e. The van der Waals surface area contributed by atoms with Gasteiger partial charge in [-0.05, 0) is 51.9 Å². The number of aliphatic hydroxyl groups excluding tert-OH is 1. The number of benzene rings is 3. The molecule has 3 aromatic rings. The van der Waals surface area contributed by atoms with E-state index in [1.165, 1.54) is 22.3 Å². The van der Waals surface area contributed by atoms with Gasteiger partial charge in [0.25, 0.3) is 0 Å². The fourth-order valence-corrected chi connectivity index (χ4v) is 3.26. The van der Waals surface area contributed by atoms with Gasteiger partial charge in [0.15, 0.2) is 0 Å². The molecule has 0 aliphatic heterocycles. The van der Waals surface area contributed by atoms with Crippen molar-refractivity contribution in [2.45, 2.75) is 12.5 Å². The van der Waals surface area contributed by atoms with Crippen LogP contribution in [0.2, 0.25) is 0 Å². The van der Waals surface area contributed by atoms with Gasteiger partial charge in [-0.3, -0.25) is 0 Å². The second-order valence-electron chi connectivity index (χ2n) is 5.82. The van der Waals surface area contributed by atoms with E-state index in [9.17, 15) is 5.11 Å². The van der Waals surface area contributed by atoms with Crippen LogP contribution in [0.4, 0.5) is 5.69 Å². The summed E-state index contributed by atoms with van der Waals surface area (Å²) in [4.78, 5) is 0. The first-order valence-electron chi connectivity index (χ1n) is 7.47. The molecule has 1 aliphatic carbocycles. The summed E-state index contributed by atoms with van der Waals surface area (Å²) in [5.41, 5.74) is 13.4. The van der Waals surface area contributed by atoms with Gasteiger partial charge in [0, 0.05) is 5.69 Å². The maximum absolute atomic E-state index is 10.6. The fourth-order valence-electron chi connectivity index (χ4n) is 3.26. The van der Waals surface area contributed by atoms with E-state index in [1.54, 1.807) is 0 Å². The van der Waals surface area contributed by atoms with Gasteiger partial charge in [0.1, 0.15) is 6.10 Å². The van der Waals surface area contributed by atoms with Crippen LogP contribution in [-0.2, 0) is 6.42 Å². The van der Waals surface area contributed by atoms with Gasteiger partial charge in [-0.1, -0.05) is 54.6 Å². The lowest BCUT2D eigenvalue weighted by Crippen LogP contribution is -2.01. The molecule has 108 valence electrons. The first kappa shape index (κ1) is 13.1. The quantitative estimate of drug-likeness (QED) is 0.549. The van der Waals surface area contributed by atoms with E-state index in [-0.39, 0.29) is 0 Å². The number of rotatable bonds is 2. The second kappa shape index (κ2) is 5.00. The fraction of sp³-hybridized carbons (Fsp3) is 0.100. The summed E-state index contributed by atoms with van der Waals surface area (Å²) in [6.45, 7) is 0. The highest BCUT2D eigenvalue weighted by Crippen LogP contribution is 2.38. The summed E-state index contributed by atoms with van der Waals surface area (Å²) in [5.74, 6) is 0. The zero-order valence-corrected chi connectivity index (χ0v) is 12.2. The van der Waals surface area contributed by atoms with Gasteiger partial charge in [-0.15, -0.1) is 0 Å². The minimum absolute atomic E-state index is 0.641. The van der Waals surface area contributed by atoms with E-state index in [2.05, 4.69) is 36.4 Å². The van der Waals surface area contributed by atoms with Crippen LogP contribution >= 0.6 is 0 Å². The van der Waals surface area contributed by atoms with E-state index >= 15 is 0 Å². The minimum atomic E-state index is -0.641. The van der Waals surface area contributed by atoms with Crippen LogP contribution in [0.25, 0.3) is 11.1 Å².